The molecule has 0 N–H and O–H groups in total. The summed E-state index contributed by atoms with van der Waals surface area (Å²) < 4.78 is 9.61. The zero-order valence-electron chi connectivity index (χ0n) is 8.44. The first kappa shape index (κ1) is 14.3. The number of carbonyl (C=O) groups excluding carboxylic acids is 2. The fourth-order valence-electron chi connectivity index (χ4n) is 0.875. The minimum absolute atomic E-state index is 0. The van der Waals surface area contributed by atoms with Crippen molar-refractivity contribution in [1.82, 2.24) is 0 Å². The maximum Gasteiger partial charge on any atom is 3.00 e. The maximum atomic E-state index is 10.7. The Balaban J connectivity index is 0.00000196. The van der Waals surface area contributed by atoms with Crippen molar-refractivity contribution in [3.8, 4) is 11.5 Å². The molecule has 0 unspecified atom stereocenters. The molecule has 0 aliphatic carbocycles. The molecule has 4 nitrogen and oxygen atoms in total. The van der Waals surface area contributed by atoms with Gasteiger partial charge in [-0.25, -0.2) is 0 Å². The number of rotatable bonds is 2. The molecule has 15 heavy (non-hydrogen) atoms. The summed E-state index contributed by atoms with van der Waals surface area (Å²) in [4.78, 5) is 21.4. The summed E-state index contributed by atoms with van der Waals surface area (Å²) in [5, 5.41) is 0. The number of ether oxygens (including phenoxy) is 2. The maximum absolute atomic E-state index is 10.7. The van der Waals surface area contributed by atoms with Crippen LogP contribution in [0.3, 0.4) is 0 Å². The fraction of sp³-hybridized carbons (Fsp3) is 0.200. The van der Waals surface area contributed by atoms with Gasteiger partial charge in [-0.15, -0.1) is 12.1 Å². The van der Waals surface area contributed by atoms with E-state index in [-0.39, 0.29) is 44.2 Å². The Bertz CT molecular complexity index is 327. The molecule has 0 fully saturated rings. The van der Waals surface area contributed by atoms with E-state index in [1.807, 2.05) is 0 Å². The molecule has 0 radical (unpaired) electrons. The van der Waals surface area contributed by atoms with Crippen LogP contribution >= 0.6 is 0 Å². The van der Waals surface area contributed by atoms with Crippen LogP contribution < -0.4 is 9.47 Å². The van der Waals surface area contributed by atoms with Gasteiger partial charge in [-0.05, 0) is 0 Å². The molecule has 1 rings (SSSR count). The van der Waals surface area contributed by atoms with Gasteiger partial charge in [0, 0.05) is 13.8 Å². The van der Waals surface area contributed by atoms with Gasteiger partial charge in [0.05, 0.1) is 11.5 Å². The summed E-state index contributed by atoms with van der Waals surface area (Å²) in [7, 11) is 0. The van der Waals surface area contributed by atoms with E-state index in [9.17, 15) is 9.59 Å². The first-order valence-electron chi connectivity index (χ1n) is 3.96. The van der Waals surface area contributed by atoms with Crippen LogP contribution in [0.4, 0.5) is 0 Å². The molecular weight excluding hydrogens is 273 g/mol. The summed E-state index contributed by atoms with van der Waals surface area (Å²) >= 11 is 0. The minimum atomic E-state index is -0.474. The van der Waals surface area contributed by atoms with Crippen molar-refractivity contribution in [3.63, 3.8) is 0 Å². The average Bonchev–Trinajstić information content (AvgIpc) is 2.06. The van der Waals surface area contributed by atoms with E-state index in [0.29, 0.717) is 0 Å². The summed E-state index contributed by atoms with van der Waals surface area (Å²) in [6.07, 6.45) is 0. The predicted octanol–water partition coefficient (Wildman–Crippen LogP) is 1.33. The van der Waals surface area contributed by atoms with Gasteiger partial charge in [-0.2, -0.15) is 12.1 Å². The van der Waals surface area contributed by atoms with Crippen LogP contribution in [-0.2, 0) is 42.3 Å². The van der Waals surface area contributed by atoms with Gasteiger partial charge in [0.25, 0.3) is 5.97 Å². The molecule has 0 saturated heterocycles. The first-order valence-corrected chi connectivity index (χ1v) is 3.96. The van der Waals surface area contributed by atoms with Crippen molar-refractivity contribution in [2.45, 2.75) is 13.8 Å². The average molecular weight is 282 g/mol. The van der Waals surface area contributed by atoms with Crippen LogP contribution in [0.25, 0.3) is 0 Å². The molecule has 0 atom stereocenters. The van der Waals surface area contributed by atoms with Crippen LogP contribution in [0.15, 0.2) is 18.2 Å². The van der Waals surface area contributed by atoms with Gasteiger partial charge in [0.1, 0.15) is 0 Å². The molecular formula is C10H9O4Y+2. The van der Waals surface area contributed by atoms with Crippen LogP contribution in [-0.4, -0.2) is 11.9 Å². The second-order valence-electron chi connectivity index (χ2n) is 2.56. The second kappa shape index (κ2) is 6.69. The van der Waals surface area contributed by atoms with E-state index in [0.717, 1.165) is 0 Å². The van der Waals surface area contributed by atoms with Crippen molar-refractivity contribution in [3.05, 3.63) is 24.3 Å². The molecule has 0 aliphatic rings. The molecule has 1 aromatic rings. The van der Waals surface area contributed by atoms with E-state index in [4.69, 9.17) is 9.47 Å². The normalized spacial score (nSPS) is 8.67. The van der Waals surface area contributed by atoms with E-state index >= 15 is 0 Å². The summed E-state index contributed by atoms with van der Waals surface area (Å²) in [6, 6.07) is 7.20. The van der Waals surface area contributed by atoms with Crippen molar-refractivity contribution < 1.29 is 51.8 Å². The first-order chi connectivity index (χ1) is 6.59. The van der Waals surface area contributed by atoms with Gasteiger partial charge < -0.3 is 9.47 Å². The number of hydrogen-bond donors (Lipinski definition) is 0. The standard InChI is InChI=1S/C10H9O4.Y/c1-7(11)13-9-5-3-4-6-10(9)14-8(2)12;/h3,5-6H,1-2H3;/q-1;+3. The van der Waals surface area contributed by atoms with Gasteiger partial charge >= 0.3 is 38.7 Å². The van der Waals surface area contributed by atoms with Crippen LogP contribution in [0.1, 0.15) is 13.8 Å². The van der Waals surface area contributed by atoms with Crippen molar-refractivity contribution in [2.75, 3.05) is 0 Å². The van der Waals surface area contributed by atoms with Gasteiger partial charge in [-0.1, -0.05) is 0 Å². The Morgan fingerprint density at radius 1 is 1.13 bits per heavy atom. The number of benzene rings is 1. The zero-order valence-corrected chi connectivity index (χ0v) is 11.3. The Morgan fingerprint density at radius 3 is 2.20 bits per heavy atom. The van der Waals surface area contributed by atoms with Gasteiger partial charge in [0.15, 0.2) is 0 Å². The van der Waals surface area contributed by atoms with E-state index in [1.54, 1.807) is 6.07 Å². The van der Waals surface area contributed by atoms with Crippen LogP contribution in [0, 0.1) is 6.07 Å². The second-order valence-corrected chi connectivity index (χ2v) is 2.56. The topological polar surface area (TPSA) is 52.6 Å². The molecule has 74 valence electrons. The molecule has 0 saturated carbocycles. The number of carbonyl (C=O) groups is 2. The van der Waals surface area contributed by atoms with E-state index in [1.165, 1.54) is 26.0 Å². The van der Waals surface area contributed by atoms with Crippen molar-refractivity contribution in [1.29, 1.82) is 0 Å². The molecule has 1 aromatic carbocycles. The predicted molar refractivity (Wildman–Crippen MR) is 47.9 cm³/mol. The molecule has 0 bridgehead atoms. The Labute approximate surface area is 113 Å². The molecule has 0 aliphatic heterocycles. The quantitative estimate of drug-likeness (QED) is 0.466. The minimum Gasteiger partial charge on any atom is -0.487 e. The summed E-state index contributed by atoms with van der Waals surface area (Å²) in [5.41, 5.74) is 0. The smallest absolute Gasteiger partial charge is 0.487 e. The fourth-order valence-corrected chi connectivity index (χ4v) is 0.875. The monoisotopic (exact) mass is 282 g/mol. The number of esters is 2. The molecule has 0 spiro atoms. The van der Waals surface area contributed by atoms with Crippen LogP contribution in [0.2, 0.25) is 0 Å². The third-order valence-electron chi connectivity index (χ3n) is 1.30. The SMILES string of the molecule is CC(=O)Oc1c[c-]ccc1OC(C)=O.[Y+3]. The third kappa shape index (κ3) is 5.05. The summed E-state index contributed by atoms with van der Waals surface area (Å²) in [6.45, 7) is 2.54. The molecule has 0 heterocycles. The Kier molecular flexibility index (Phi) is 6.36. The zero-order chi connectivity index (χ0) is 10.6. The Hall–Kier alpha value is -0.736. The van der Waals surface area contributed by atoms with Crippen molar-refractivity contribution >= 4 is 11.9 Å². The van der Waals surface area contributed by atoms with Gasteiger partial charge in [0.2, 0.25) is 0 Å². The summed E-state index contributed by atoms with van der Waals surface area (Å²) in [5.74, 6) is -0.538. The van der Waals surface area contributed by atoms with Crippen molar-refractivity contribution in [2.24, 2.45) is 0 Å². The Morgan fingerprint density at radius 2 is 1.67 bits per heavy atom. The molecule has 5 heteroatoms. The van der Waals surface area contributed by atoms with E-state index < -0.39 is 11.9 Å². The molecule has 0 amide bonds. The number of hydrogen-bond acceptors (Lipinski definition) is 4. The third-order valence-corrected chi connectivity index (χ3v) is 1.30. The molecule has 0 aromatic heterocycles. The van der Waals surface area contributed by atoms with Crippen LogP contribution in [0.5, 0.6) is 11.5 Å². The van der Waals surface area contributed by atoms with E-state index in [2.05, 4.69) is 6.07 Å². The van der Waals surface area contributed by atoms with Gasteiger partial charge in [-0.3, -0.25) is 9.59 Å². The largest absolute Gasteiger partial charge is 3.00 e.